The van der Waals surface area contributed by atoms with E-state index in [0.29, 0.717) is 25.4 Å². The molecule has 0 bridgehead atoms. The molecule has 0 radical (unpaired) electrons. The number of hydrogen-bond donors (Lipinski definition) is 1. The second kappa shape index (κ2) is 8.69. The molecule has 1 heterocycles. The van der Waals surface area contributed by atoms with Crippen LogP contribution in [0, 0.1) is 5.82 Å². The number of urea groups is 1. The summed E-state index contributed by atoms with van der Waals surface area (Å²) in [6.45, 7) is 3.18. The second-order valence-corrected chi connectivity index (χ2v) is 6.82. The molecule has 1 fully saturated rings. The first-order chi connectivity index (χ1) is 13.0. The number of nitrogens with one attached hydrogen (secondary N) is 1. The fourth-order valence-corrected chi connectivity index (χ4v) is 3.14. The van der Waals surface area contributed by atoms with Gasteiger partial charge in [-0.15, -0.1) is 0 Å². The van der Waals surface area contributed by atoms with Crippen molar-refractivity contribution in [3.05, 3.63) is 64.4 Å². The zero-order chi connectivity index (χ0) is 19.4. The normalized spacial score (nSPS) is 18.2. The first kappa shape index (κ1) is 19.6. The minimum Gasteiger partial charge on any atom is -0.377 e. The van der Waals surface area contributed by atoms with Crippen molar-refractivity contribution in [3.63, 3.8) is 0 Å². The molecule has 1 saturated heterocycles. The van der Waals surface area contributed by atoms with Crippen LogP contribution in [0.5, 0.6) is 0 Å². The van der Waals surface area contributed by atoms with Crippen molar-refractivity contribution in [2.75, 3.05) is 32.1 Å². The van der Waals surface area contributed by atoms with Gasteiger partial charge >= 0.3 is 6.03 Å². The minimum atomic E-state index is -0.476. The molecule has 7 heteroatoms. The third-order valence-corrected chi connectivity index (χ3v) is 4.92. The van der Waals surface area contributed by atoms with Crippen LogP contribution in [0.4, 0.5) is 14.9 Å². The lowest BCUT2D eigenvalue weighted by Crippen LogP contribution is -2.44. The Morgan fingerprint density at radius 3 is 2.93 bits per heavy atom. The molecule has 2 amide bonds. The number of carbonyl (C=O) groups is 1. The van der Waals surface area contributed by atoms with E-state index in [1.54, 1.807) is 24.1 Å². The van der Waals surface area contributed by atoms with Crippen molar-refractivity contribution in [2.24, 2.45) is 0 Å². The third-order valence-electron chi connectivity index (χ3n) is 4.63. The minimum absolute atomic E-state index is 0.0433. The van der Waals surface area contributed by atoms with E-state index in [-0.39, 0.29) is 23.3 Å². The van der Waals surface area contributed by atoms with Crippen LogP contribution < -0.4 is 5.32 Å². The summed E-state index contributed by atoms with van der Waals surface area (Å²) in [5.74, 6) is -0.476. The number of hydrogen-bond acceptors (Lipinski definition) is 3. The summed E-state index contributed by atoms with van der Waals surface area (Å²) < 4.78 is 24.4. The number of rotatable bonds is 4. The maximum atomic E-state index is 13.4. The summed E-state index contributed by atoms with van der Waals surface area (Å²) in [4.78, 5) is 14.3. The van der Waals surface area contributed by atoms with Gasteiger partial charge in [-0.05, 0) is 42.3 Å². The first-order valence-electron chi connectivity index (χ1n) is 8.73. The van der Waals surface area contributed by atoms with Gasteiger partial charge in [-0.1, -0.05) is 29.8 Å². The van der Waals surface area contributed by atoms with Gasteiger partial charge in [-0.3, -0.25) is 0 Å². The van der Waals surface area contributed by atoms with E-state index in [1.807, 2.05) is 31.2 Å². The Balaban J connectivity index is 1.67. The van der Waals surface area contributed by atoms with Gasteiger partial charge in [0.1, 0.15) is 11.9 Å². The van der Waals surface area contributed by atoms with E-state index in [1.165, 1.54) is 6.07 Å². The molecule has 3 rings (SSSR count). The summed E-state index contributed by atoms with van der Waals surface area (Å²) in [6.07, 6.45) is -0.403. The molecule has 1 aliphatic heterocycles. The summed E-state index contributed by atoms with van der Waals surface area (Å²) in [5, 5.41) is 2.96. The highest BCUT2D eigenvalue weighted by molar-refractivity contribution is 6.30. The van der Waals surface area contributed by atoms with Crippen molar-refractivity contribution in [3.8, 4) is 0 Å². The van der Waals surface area contributed by atoms with Gasteiger partial charge in [-0.2, -0.15) is 0 Å². The van der Waals surface area contributed by atoms with Crippen molar-refractivity contribution >= 4 is 23.3 Å². The number of amides is 2. The van der Waals surface area contributed by atoms with Gasteiger partial charge in [0.15, 0.2) is 0 Å². The standard InChI is InChI=1S/C20H22ClFN2O3/c1-13(26-2)14-4-3-5-16(10-14)23-20(25)24-8-9-27-19(12-24)15-6-7-18(22)17(21)11-15/h3-7,10-11,13,19H,8-9,12H2,1-2H3,(H,23,25)/t13-,19-/m0/s1. The molecule has 1 aliphatic rings. The maximum Gasteiger partial charge on any atom is 0.322 e. The average molecular weight is 393 g/mol. The number of morpholine rings is 1. The van der Waals surface area contributed by atoms with Gasteiger partial charge in [0.05, 0.1) is 24.3 Å². The predicted molar refractivity (Wildman–Crippen MR) is 103 cm³/mol. The van der Waals surface area contributed by atoms with Crippen molar-refractivity contribution in [1.29, 1.82) is 0 Å². The van der Waals surface area contributed by atoms with Crippen molar-refractivity contribution in [1.82, 2.24) is 4.90 Å². The number of halogens is 2. The molecule has 27 heavy (non-hydrogen) atoms. The number of anilines is 1. The van der Waals surface area contributed by atoms with Gasteiger partial charge in [0.2, 0.25) is 0 Å². The zero-order valence-corrected chi connectivity index (χ0v) is 16.0. The number of methoxy groups -OCH3 is 1. The summed E-state index contributed by atoms with van der Waals surface area (Å²) >= 11 is 5.86. The quantitative estimate of drug-likeness (QED) is 0.813. The van der Waals surface area contributed by atoms with Crippen molar-refractivity contribution in [2.45, 2.75) is 19.1 Å². The van der Waals surface area contributed by atoms with E-state index in [9.17, 15) is 9.18 Å². The zero-order valence-electron chi connectivity index (χ0n) is 15.2. The van der Waals surface area contributed by atoms with Gasteiger partial charge in [0.25, 0.3) is 0 Å². The Morgan fingerprint density at radius 2 is 2.19 bits per heavy atom. The molecule has 5 nitrogen and oxygen atoms in total. The fraction of sp³-hybridized carbons (Fsp3) is 0.350. The number of nitrogens with zero attached hydrogens (tertiary/aromatic N) is 1. The molecule has 2 aromatic rings. The Bertz CT molecular complexity index is 818. The Kier molecular flexibility index (Phi) is 6.31. The molecule has 2 atom stereocenters. The van der Waals surface area contributed by atoms with E-state index >= 15 is 0 Å². The van der Waals surface area contributed by atoms with Crippen LogP contribution in [0.1, 0.15) is 30.3 Å². The highest BCUT2D eigenvalue weighted by Gasteiger charge is 2.26. The van der Waals surface area contributed by atoms with Crippen LogP contribution in [0.2, 0.25) is 5.02 Å². The molecular weight excluding hydrogens is 371 g/mol. The summed E-state index contributed by atoms with van der Waals surface area (Å²) in [5.41, 5.74) is 2.43. The molecule has 0 spiro atoms. The van der Waals surface area contributed by atoms with Crippen LogP contribution in [0.3, 0.4) is 0 Å². The smallest absolute Gasteiger partial charge is 0.322 e. The molecule has 144 valence electrons. The molecule has 1 N–H and O–H groups in total. The second-order valence-electron chi connectivity index (χ2n) is 6.41. The van der Waals surface area contributed by atoms with Crippen LogP contribution in [-0.2, 0) is 9.47 Å². The average Bonchev–Trinajstić information content (AvgIpc) is 2.69. The van der Waals surface area contributed by atoms with E-state index in [0.717, 1.165) is 11.1 Å². The number of carbonyl (C=O) groups excluding carboxylic acids is 1. The lowest BCUT2D eigenvalue weighted by Gasteiger charge is -2.33. The molecule has 0 aromatic heterocycles. The number of benzene rings is 2. The topological polar surface area (TPSA) is 50.8 Å². The highest BCUT2D eigenvalue weighted by Crippen LogP contribution is 2.27. The highest BCUT2D eigenvalue weighted by atomic mass is 35.5. The van der Waals surface area contributed by atoms with Crippen LogP contribution in [0.15, 0.2) is 42.5 Å². The lowest BCUT2D eigenvalue weighted by atomic mass is 10.1. The largest absolute Gasteiger partial charge is 0.377 e. The van der Waals surface area contributed by atoms with Crippen LogP contribution in [0.25, 0.3) is 0 Å². The van der Waals surface area contributed by atoms with E-state index in [4.69, 9.17) is 21.1 Å². The fourth-order valence-electron chi connectivity index (χ4n) is 2.96. The van der Waals surface area contributed by atoms with Gasteiger partial charge in [-0.25, -0.2) is 9.18 Å². The summed E-state index contributed by atoms with van der Waals surface area (Å²) in [7, 11) is 1.64. The molecular formula is C20H22ClFN2O3. The van der Waals surface area contributed by atoms with Gasteiger partial charge < -0.3 is 19.7 Å². The molecule has 2 aromatic carbocycles. The van der Waals surface area contributed by atoms with Crippen LogP contribution >= 0.6 is 11.6 Å². The SMILES string of the molecule is CO[C@@H](C)c1cccc(NC(=O)N2CCO[C@H](c3ccc(F)c(Cl)c3)C2)c1. The first-order valence-corrected chi connectivity index (χ1v) is 9.11. The summed E-state index contributed by atoms with van der Waals surface area (Å²) in [6, 6.07) is 11.8. The predicted octanol–water partition coefficient (Wildman–Crippen LogP) is 4.79. The third kappa shape index (κ3) is 4.77. The Morgan fingerprint density at radius 1 is 1.37 bits per heavy atom. The Labute approximate surface area is 163 Å². The molecule has 0 saturated carbocycles. The maximum absolute atomic E-state index is 13.4. The lowest BCUT2D eigenvalue weighted by molar-refractivity contribution is -0.0135. The molecule has 0 aliphatic carbocycles. The van der Waals surface area contributed by atoms with Crippen LogP contribution in [-0.4, -0.2) is 37.7 Å². The van der Waals surface area contributed by atoms with Gasteiger partial charge in [0, 0.05) is 19.3 Å². The Hall–Kier alpha value is -2.15. The van der Waals surface area contributed by atoms with E-state index in [2.05, 4.69) is 5.32 Å². The monoisotopic (exact) mass is 392 g/mol. The molecule has 0 unspecified atom stereocenters. The van der Waals surface area contributed by atoms with Crippen molar-refractivity contribution < 1.29 is 18.7 Å². The van der Waals surface area contributed by atoms with E-state index < -0.39 is 5.82 Å². The number of ether oxygens (including phenoxy) is 2.